The van der Waals surface area contributed by atoms with E-state index in [1.807, 2.05) is 54.6 Å². The molecule has 0 radical (unpaired) electrons. The third-order valence-electron chi connectivity index (χ3n) is 4.68. The molecule has 2 aliphatic rings. The number of aromatic nitrogens is 5. The van der Waals surface area contributed by atoms with Crippen molar-refractivity contribution in [1.29, 1.82) is 0 Å². The first-order valence-corrected chi connectivity index (χ1v) is 9.76. The summed E-state index contributed by atoms with van der Waals surface area (Å²) in [5.74, 6) is 1.92. The van der Waals surface area contributed by atoms with Crippen molar-refractivity contribution in [2.45, 2.75) is 26.3 Å². The van der Waals surface area contributed by atoms with E-state index in [1.165, 1.54) is 7.05 Å². The Morgan fingerprint density at radius 2 is 1.73 bits per heavy atom. The Morgan fingerprint density at radius 3 is 2.50 bits per heavy atom. The molecule has 30 heavy (non-hydrogen) atoms. The van der Waals surface area contributed by atoms with Crippen LogP contribution in [-0.2, 0) is 13.6 Å². The van der Waals surface area contributed by atoms with E-state index in [4.69, 9.17) is 4.74 Å². The minimum Gasteiger partial charge on any atom is -0.457 e. The first-order valence-electron chi connectivity index (χ1n) is 9.76. The lowest BCUT2D eigenvalue weighted by molar-refractivity contribution is 0.483. The Hall–Kier alpha value is -3.81. The molecule has 0 aromatic heterocycles. The van der Waals surface area contributed by atoms with Crippen LogP contribution in [0.25, 0.3) is 22.9 Å². The summed E-state index contributed by atoms with van der Waals surface area (Å²) >= 11 is 0. The predicted octanol–water partition coefficient (Wildman–Crippen LogP) is 3.10. The van der Waals surface area contributed by atoms with Gasteiger partial charge in [-0.15, -0.1) is 0 Å². The Bertz CT molecular complexity index is 1260. The second-order valence-electron chi connectivity index (χ2n) is 6.89. The third kappa shape index (κ3) is 3.84. The van der Waals surface area contributed by atoms with Crippen LogP contribution in [0.4, 0.5) is 0 Å². The molecule has 0 spiro atoms. The second-order valence-corrected chi connectivity index (χ2v) is 6.89. The maximum Gasteiger partial charge on any atom is 0.352 e. The number of unbranched alkanes of at least 4 members (excludes halogenated alkanes) is 1. The van der Waals surface area contributed by atoms with Crippen molar-refractivity contribution in [2.75, 3.05) is 0 Å². The van der Waals surface area contributed by atoms with Crippen LogP contribution < -0.4 is 16.0 Å². The fourth-order valence-electron chi connectivity index (χ4n) is 3.04. The van der Waals surface area contributed by atoms with E-state index in [-0.39, 0.29) is 11.5 Å². The maximum atomic E-state index is 12.7. The second kappa shape index (κ2) is 8.28. The summed E-state index contributed by atoms with van der Waals surface area (Å²) in [6.45, 7) is 2.59. The Balaban J connectivity index is 1.82. The largest absolute Gasteiger partial charge is 0.457 e. The minimum atomic E-state index is -0.618. The summed E-state index contributed by atoms with van der Waals surface area (Å²) in [6, 6.07) is 16.8. The average Bonchev–Trinajstić information content (AvgIpc) is 2.77. The summed E-state index contributed by atoms with van der Waals surface area (Å²) in [4.78, 5) is 33.1. The molecule has 2 aliphatic heterocycles. The summed E-state index contributed by atoms with van der Waals surface area (Å²) in [5.41, 5.74) is -0.292. The smallest absolute Gasteiger partial charge is 0.352 e. The van der Waals surface area contributed by atoms with Crippen LogP contribution >= 0.6 is 0 Å². The fourth-order valence-corrected chi connectivity index (χ4v) is 3.04. The molecule has 8 nitrogen and oxygen atoms in total. The standard InChI is InChI=1S/C22H21N5O3/c1-3-4-13-27-20-18(21(28)26(2)22(29)24-20)23-19(25-27)15-9-8-12-17(14-15)30-16-10-6-5-7-11-16/h5-12,14H,3-4,13H2,1-2H3. The highest BCUT2D eigenvalue weighted by molar-refractivity contribution is 5.61. The zero-order chi connectivity index (χ0) is 21.1. The molecule has 0 unspecified atom stereocenters. The highest BCUT2D eigenvalue weighted by atomic mass is 16.5. The van der Waals surface area contributed by atoms with Gasteiger partial charge in [0.2, 0.25) is 0 Å². The SMILES string of the molecule is CCCCn1nc(-c2cccc(Oc3ccccc3)c2)nc2c(=O)n(C)c(=O)nc1-2. The van der Waals surface area contributed by atoms with Crippen LogP contribution in [0.3, 0.4) is 0 Å². The van der Waals surface area contributed by atoms with Crippen LogP contribution in [0.5, 0.6) is 11.5 Å². The number of rotatable bonds is 6. The number of nitrogens with zero attached hydrogens (tertiary/aromatic N) is 5. The molecule has 0 aliphatic carbocycles. The first kappa shape index (κ1) is 19.5. The summed E-state index contributed by atoms with van der Waals surface area (Å²) in [7, 11) is 1.39. The normalized spacial score (nSPS) is 11.0. The van der Waals surface area contributed by atoms with Crippen molar-refractivity contribution in [2.24, 2.45) is 7.05 Å². The van der Waals surface area contributed by atoms with E-state index in [1.54, 1.807) is 4.68 Å². The molecule has 2 heterocycles. The van der Waals surface area contributed by atoms with Gasteiger partial charge in [-0.05, 0) is 30.7 Å². The molecule has 4 rings (SSSR count). The minimum absolute atomic E-state index is 0.118. The molecular weight excluding hydrogens is 382 g/mol. The molecule has 0 saturated heterocycles. The number of para-hydroxylation sites is 1. The third-order valence-corrected chi connectivity index (χ3v) is 4.68. The van der Waals surface area contributed by atoms with Crippen molar-refractivity contribution in [1.82, 2.24) is 24.3 Å². The summed E-state index contributed by atoms with van der Waals surface area (Å²) in [5, 5.41) is 4.57. The van der Waals surface area contributed by atoms with Gasteiger partial charge in [0, 0.05) is 19.2 Å². The highest BCUT2D eigenvalue weighted by Gasteiger charge is 2.21. The average molecular weight is 403 g/mol. The molecule has 0 N–H and O–H groups in total. The topological polar surface area (TPSA) is 91.9 Å². The van der Waals surface area contributed by atoms with Gasteiger partial charge in [-0.3, -0.25) is 9.36 Å². The van der Waals surface area contributed by atoms with E-state index >= 15 is 0 Å². The molecule has 0 fully saturated rings. The van der Waals surface area contributed by atoms with E-state index < -0.39 is 11.2 Å². The van der Waals surface area contributed by atoms with Crippen molar-refractivity contribution in [3.63, 3.8) is 0 Å². The van der Waals surface area contributed by atoms with E-state index in [9.17, 15) is 9.59 Å². The molecule has 2 aromatic rings. The van der Waals surface area contributed by atoms with Gasteiger partial charge < -0.3 is 4.74 Å². The van der Waals surface area contributed by atoms with Crippen LogP contribution in [0.2, 0.25) is 0 Å². The number of aryl methyl sites for hydroxylation is 1. The van der Waals surface area contributed by atoms with E-state index in [0.717, 1.165) is 17.4 Å². The summed E-state index contributed by atoms with van der Waals surface area (Å²) in [6.07, 6.45) is 1.77. The van der Waals surface area contributed by atoms with Crippen molar-refractivity contribution >= 4 is 0 Å². The summed E-state index contributed by atoms with van der Waals surface area (Å²) < 4.78 is 8.45. The molecular formula is C22H21N5O3. The van der Waals surface area contributed by atoms with Crippen molar-refractivity contribution in [3.05, 3.63) is 75.4 Å². The van der Waals surface area contributed by atoms with Gasteiger partial charge in [0.15, 0.2) is 17.3 Å². The van der Waals surface area contributed by atoms with E-state index in [2.05, 4.69) is 22.0 Å². The number of hydrogen-bond donors (Lipinski definition) is 0. The van der Waals surface area contributed by atoms with Crippen molar-refractivity contribution in [3.8, 4) is 34.4 Å². The molecule has 0 saturated carbocycles. The molecule has 0 amide bonds. The van der Waals surface area contributed by atoms with Gasteiger partial charge in [-0.1, -0.05) is 43.7 Å². The predicted molar refractivity (Wildman–Crippen MR) is 113 cm³/mol. The highest BCUT2D eigenvalue weighted by Crippen LogP contribution is 2.26. The van der Waals surface area contributed by atoms with Gasteiger partial charge in [-0.25, -0.2) is 14.5 Å². The monoisotopic (exact) mass is 403 g/mol. The zero-order valence-corrected chi connectivity index (χ0v) is 16.8. The van der Waals surface area contributed by atoms with E-state index in [0.29, 0.717) is 29.4 Å². The number of benzene rings is 2. The molecule has 8 heteroatoms. The number of ether oxygens (including phenoxy) is 1. The Labute approximate surface area is 172 Å². The van der Waals surface area contributed by atoms with Crippen LogP contribution in [0.15, 0.2) is 64.2 Å². The van der Waals surface area contributed by atoms with Gasteiger partial charge in [0.25, 0.3) is 5.56 Å². The lowest BCUT2D eigenvalue weighted by Gasteiger charge is -2.15. The van der Waals surface area contributed by atoms with Crippen molar-refractivity contribution < 1.29 is 4.74 Å². The van der Waals surface area contributed by atoms with Gasteiger partial charge >= 0.3 is 5.69 Å². The lowest BCUT2D eigenvalue weighted by atomic mass is 10.2. The number of hydrogen-bond acceptors (Lipinski definition) is 6. The molecule has 152 valence electrons. The molecule has 0 bridgehead atoms. The molecule has 2 aromatic carbocycles. The van der Waals surface area contributed by atoms with Crippen LogP contribution in [0, 0.1) is 0 Å². The fraction of sp³-hybridized carbons (Fsp3) is 0.227. The van der Waals surface area contributed by atoms with Gasteiger partial charge in [-0.2, -0.15) is 10.1 Å². The van der Waals surface area contributed by atoms with Gasteiger partial charge in [0.05, 0.1) is 0 Å². The maximum absolute atomic E-state index is 12.7. The Kier molecular flexibility index (Phi) is 5.38. The zero-order valence-electron chi connectivity index (χ0n) is 16.8. The first-order chi connectivity index (χ1) is 14.6. The van der Waals surface area contributed by atoms with Crippen LogP contribution in [-0.4, -0.2) is 24.3 Å². The van der Waals surface area contributed by atoms with Crippen LogP contribution in [0.1, 0.15) is 19.8 Å². The molecule has 0 atom stereocenters. The van der Waals surface area contributed by atoms with Gasteiger partial charge in [0.1, 0.15) is 11.5 Å². The quantitative estimate of drug-likeness (QED) is 0.491. The Morgan fingerprint density at radius 1 is 0.967 bits per heavy atom. The number of fused-ring (bicyclic) bond motifs is 1. The lowest BCUT2D eigenvalue weighted by Crippen LogP contribution is -2.37.